The second kappa shape index (κ2) is 14.1. The van der Waals surface area contributed by atoms with Crippen LogP contribution < -0.4 is 5.32 Å². The first kappa shape index (κ1) is 28.6. The van der Waals surface area contributed by atoms with Gasteiger partial charge in [-0.25, -0.2) is 0 Å². The summed E-state index contributed by atoms with van der Waals surface area (Å²) in [6.07, 6.45) is 10.3. The van der Waals surface area contributed by atoms with Crippen molar-refractivity contribution in [2.45, 2.75) is 57.8 Å². The normalized spacial score (nSPS) is 13.5. The lowest BCUT2D eigenvalue weighted by atomic mass is 9.95. The van der Waals surface area contributed by atoms with Crippen molar-refractivity contribution < 1.29 is 4.79 Å². The number of carbonyl (C=O) groups is 1. The highest BCUT2D eigenvalue weighted by Crippen LogP contribution is 2.24. The Kier molecular flexibility index (Phi) is 9.36. The fourth-order valence-electron chi connectivity index (χ4n) is 5.94. The molecular weight excluding hydrogens is 526 g/mol. The maximum atomic E-state index is 13.8. The Balaban J connectivity index is 1.14. The molecule has 4 aromatic carbocycles. The molecule has 1 heterocycles. The smallest absolute Gasteiger partial charge is 0.254 e. The summed E-state index contributed by atoms with van der Waals surface area (Å²) in [7, 11) is 0. The SMILES string of the molecule is O=C(c1ccc(-c2ccccc2)cc1)N(Cc1ccc(-c2ccc(CNC3CCCCC3)cc2)cc1)Cc1cccnc1. The molecule has 1 aliphatic rings. The van der Waals surface area contributed by atoms with Gasteiger partial charge in [0.15, 0.2) is 0 Å². The van der Waals surface area contributed by atoms with Crippen molar-refractivity contribution in [3.63, 3.8) is 0 Å². The highest BCUT2D eigenvalue weighted by Gasteiger charge is 2.18. The van der Waals surface area contributed by atoms with Crippen molar-refractivity contribution in [2.75, 3.05) is 0 Å². The first-order chi connectivity index (χ1) is 21.2. The van der Waals surface area contributed by atoms with Crippen LogP contribution in [-0.2, 0) is 19.6 Å². The van der Waals surface area contributed by atoms with Gasteiger partial charge in [0.05, 0.1) is 0 Å². The average molecular weight is 566 g/mol. The summed E-state index contributed by atoms with van der Waals surface area (Å²) in [6, 6.07) is 40.2. The van der Waals surface area contributed by atoms with E-state index in [0.29, 0.717) is 24.7 Å². The molecule has 4 nitrogen and oxygen atoms in total. The molecule has 0 bridgehead atoms. The third kappa shape index (κ3) is 7.65. The zero-order valence-electron chi connectivity index (χ0n) is 24.7. The topological polar surface area (TPSA) is 45.2 Å². The minimum Gasteiger partial charge on any atom is -0.330 e. The van der Waals surface area contributed by atoms with E-state index < -0.39 is 0 Å². The maximum absolute atomic E-state index is 13.8. The molecule has 1 saturated carbocycles. The summed E-state index contributed by atoms with van der Waals surface area (Å²) in [4.78, 5) is 19.9. The lowest BCUT2D eigenvalue weighted by Crippen LogP contribution is -2.30. The zero-order valence-corrected chi connectivity index (χ0v) is 24.7. The quantitative estimate of drug-likeness (QED) is 0.184. The van der Waals surface area contributed by atoms with Gasteiger partial charge in [0.25, 0.3) is 5.91 Å². The van der Waals surface area contributed by atoms with E-state index in [4.69, 9.17) is 0 Å². The highest BCUT2D eigenvalue weighted by atomic mass is 16.2. The minimum absolute atomic E-state index is 0.00460. The van der Waals surface area contributed by atoms with E-state index in [1.54, 1.807) is 6.20 Å². The average Bonchev–Trinajstić information content (AvgIpc) is 3.09. The Hall–Kier alpha value is -4.54. The van der Waals surface area contributed by atoms with Crippen LogP contribution in [0.5, 0.6) is 0 Å². The Labute approximate surface area is 255 Å². The van der Waals surface area contributed by atoms with E-state index in [1.165, 1.54) is 48.8 Å². The summed E-state index contributed by atoms with van der Waals surface area (Å²) >= 11 is 0. The molecule has 0 spiro atoms. The summed E-state index contributed by atoms with van der Waals surface area (Å²) in [5.41, 5.74) is 8.72. The molecule has 0 atom stereocenters. The van der Waals surface area contributed by atoms with Crippen LogP contribution in [-0.4, -0.2) is 21.8 Å². The van der Waals surface area contributed by atoms with Crippen LogP contribution in [0, 0.1) is 0 Å². The Morgan fingerprint density at radius 3 is 1.84 bits per heavy atom. The summed E-state index contributed by atoms with van der Waals surface area (Å²) in [5, 5.41) is 3.73. The molecule has 5 aromatic rings. The lowest BCUT2D eigenvalue weighted by Gasteiger charge is -2.23. The highest BCUT2D eigenvalue weighted by molar-refractivity contribution is 5.94. The molecule has 0 saturated heterocycles. The van der Waals surface area contributed by atoms with E-state index in [0.717, 1.165) is 28.8 Å². The summed E-state index contributed by atoms with van der Waals surface area (Å²) in [6.45, 7) is 1.94. The van der Waals surface area contributed by atoms with Crippen LogP contribution >= 0.6 is 0 Å². The van der Waals surface area contributed by atoms with E-state index in [-0.39, 0.29) is 5.91 Å². The number of hydrogen-bond acceptors (Lipinski definition) is 3. The van der Waals surface area contributed by atoms with Gasteiger partial charge in [-0.3, -0.25) is 9.78 Å². The van der Waals surface area contributed by atoms with Crippen LogP contribution in [0.4, 0.5) is 0 Å². The van der Waals surface area contributed by atoms with Crippen LogP contribution in [0.15, 0.2) is 128 Å². The number of benzene rings is 4. The standard InChI is InChI=1S/C39H39N3O/c43-39(37-23-21-36(22-24-37)33-9-3-1-4-10-33)42(29-32-8-7-25-40-26-32)28-31-15-19-35(20-16-31)34-17-13-30(14-18-34)27-41-38-11-5-2-6-12-38/h1,3-4,7-10,13-26,38,41H,2,5-6,11-12,27-29H2. The van der Waals surface area contributed by atoms with E-state index in [1.807, 2.05) is 65.7 Å². The first-order valence-electron chi connectivity index (χ1n) is 15.5. The second-order valence-corrected chi connectivity index (χ2v) is 11.6. The molecular formula is C39H39N3O. The van der Waals surface area contributed by atoms with Gasteiger partial charge in [-0.2, -0.15) is 0 Å². The lowest BCUT2D eigenvalue weighted by molar-refractivity contribution is 0.0730. The predicted molar refractivity (Wildman–Crippen MR) is 175 cm³/mol. The Morgan fingerprint density at radius 2 is 1.21 bits per heavy atom. The summed E-state index contributed by atoms with van der Waals surface area (Å²) < 4.78 is 0. The van der Waals surface area contributed by atoms with E-state index in [2.05, 4.69) is 71.0 Å². The van der Waals surface area contributed by atoms with Gasteiger partial charge in [0.2, 0.25) is 0 Å². The monoisotopic (exact) mass is 565 g/mol. The third-order valence-corrected chi connectivity index (χ3v) is 8.44. The number of pyridine rings is 1. The van der Waals surface area contributed by atoms with E-state index >= 15 is 0 Å². The van der Waals surface area contributed by atoms with Gasteiger partial charge in [-0.15, -0.1) is 0 Å². The largest absolute Gasteiger partial charge is 0.330 e. The van der Waals surface area contributed by atoms with Gasteiger partial charge in [-0.05, 0) is 70.0 Å². The fourth-order valence-corrected chi connectivity index (χ4v) is 5.94. The third-order valence-electron chi connectivity index (χ3n) is 8.44. The number of aromatic nitrogens is 1. The number of carbonyl (C=O) groups excluding carboxylic acids is 1. The number of nitrogens with zero attached hydrogens (tertiary/aromatic N) is 2. The van der Waals surface area contributed by atoms with Crippen LogP contribution in [0.1, 0.15) is 59.2 Å². The van der Waals surface area contributed by atoms with Crippen molar-refractivity contribution in [1.82, 2.24) is 15.2 Å². The number of amides is 1. The first-order valence-corrected chi connectivity index (χ1v) is 15.5. The molecule has 0 radical (unpaired) electrons. The zero-order chi connectivity index (χ0) is 29.3. The molecule has 1 fully saturated rings. The van der Waals surface area contributed by atoms with Gasteiger partial charge in [0, 0.05) is 43.6 Å². The maximum Gasteiger partial charge on any atom is 0.254 e. The molecule has 6 rings (SSSR count). The van der Waals surface area contributed by atoms with Crippen LogP contribution in [0.3, 0.4) is 0 Å². The molecule has 216 valence electrons. The minimum atomic E-state index is 0.00460. The molecule has 0 aliphatic heterocycles. The van der Waals surface area contributed by atoms with Crippen molar-refractivity contribution in [1.29, 1.82) is 0 Å². The molecule has 1 aliphatic carbocycles. The van der Waals surface area contributed by atoms with Gasteiger partial charge in [-0.1, -0.05) is 116 Å². The molecule has 43 heavy (non-hydrogen) atoms. The molecule has 1 N–H and O–H groups in total. The number of nitrogens with one attached hydrogen (secondary N) is 1. The van der Waals surface area contributed by atoms with Gasteiger partial charge >= 0.3 is 0 Å². The fraction of sp³-hybridized carbons (Fsp3) is 0.231. The van der Waals surface area contributed by atoms with Gasteiger partial charge < -0.3 is 10.2 Å². The second-order valence-electron chi connectivity index (χ2n) is 11.6. The molecule has 0 unspecified atom stereocenters. The van der Waals surface area contributed by atoms with Crippen molar-refractivity contribution in [3.8, 4) is 22.3 Å². The van der Waals surface area contributed by atoms with Crippen molar-refractivity contribution >= 4 is 5.91 Å². The van der Waals surface area contributed by atoms with E-state index in [9.17, 15) is 4.79 Å². The Bertz CT molecular complexity index is 1580. The van der Waals surface area contributed by atoms with Crippen LogP contribution in [0.25, 0.3) is 22.3 Å². The number of rotatable bonds is 10. The Morgan fingerprint density at radius 1 is 0.628 bits per heavy atom. The number of hydrogen-bond donors (Lipinski definition) is 1. The molecule has 1 aromatic heterocycles. The summed E-state index contributed by atoms with van der Waals surface area (Å²) in [5.74, 6) is 0.00460. The van der Waals surface area contributed by atoms with Crippen LogP contribution in [0.2, 0.25) is 0 Å². The molecule has 4 heteroatoms. The molecule has 1 amide bonds. The van der Waals surface area contributed by atoms with Crippen molar-refractivity contribution in [3.05, 3.63) is 150 Å². The van der Waals surface area contributed by atoms with Crippen molar-refractivity contribution in [2.24, 2.45) is 0 Å². The van der Waals surface area contributed by atoms with Gasteiger partial charge in [0.1, 0.15) is 0 Å². The predicted octanol–water partition coefficient (Wildman–Crippen LogP) is 8.68.